The summed E-state index contributed by atoms with van der Waals surface area (Å²) in [5, 5.41) is 2.23. The largest absolute Gasteiger partial charge is 0.405 e. The number of fused-ring (bicyclic) bond motifs is 3. The second kappa shape index (κ2) is 11.6. The van der Waals surface area contributed by atoms with Crippen molar-refractivity contribution >= 4 is 11.6 Å². The monoisotopic (exact) mass is 569 g/mol. The van der Waals surface area contributed by atoms with Crippen LogP contribution in [-0.4, -0.2) is 56.3 Å². The minimum atomic E-state index is -4.48. The zero-order chi connectivity index (χ0) is 29.2. The first-order valence-corrected chi connectivity index (χ1v) is 14.5. The number of carbonyl (C=O) groups excluding carboxylic acids is 1. The van der Waals surface area contributed by atoms with Gasteiger partial charge in [-0.15, -0.1) is 0 Å². The minimum Gasteiger partial charge on any atom is -0.369 e. The molecule has 0 aromatic heterocycles. The van der Waals surface area contributed by atoms with Gasteiger partial charge in [0, 0.05) is 31.9 Å². The van der Waals surface area contributed by atoms with Gasteiger partial charge in [0.05, 0.1) is 0 Å². The third-order valence-electron chi connectivity index (χ3n) is 8.62. The topological polar surface area (TPSA) is 35.6 Å². The molecule has 2 aliphatic rings. The van der Waals surface area contributed by atoms with Crippen molar-refractivity contribution in [3.63, 3.8) is 0 Å². The lowest BCUT2D eigenvalue weighted by atomic mass is 9.73. The summed E-state index contributed by atoms with van der Waals surface area (Å²) < 4.78 is 39.5. The molecule has 216 valence electrons. The van der Waals surface area contributed by atoms with Crippen molar-refractivity contribution in [1.29, 1.82) is 0 Å². The molecule has 0 radical (unpaired) electrons. The molecule has 0 saturated carbocycles. The van der Waals surface area contributed by atoms with Gasteiger partial charge >= 0.3 is 6.18 Å². The van der Waals surface area contributed by atoms with E-state index in [1.807, 2.05) is 66.7 Å². The van der Waals surface area contributed by atoms with Gasteiger partial charge in [-0.2, -0.15) is 13.2 Å². The number of halogens is 3. The summed E-state index contributed by atoms with van der Waals surface area (Å²) in [5.41, 5.74) is 5.85. The van der Waals surface area contributed by atoms with Gasteiger partial charge in [-0.25, -0.2) is 0 Å². The van der Waals surface area contributed by atoms with E-state index in [-0.39, 0.29) is 0 Å². The number of alkyl halides is 3. The number of carbonyl (C=O) groups is 1. The van der Waals surface area contributed by atoms with Crippen LogP contribution in [0.3, 0.4) is 0 Å². The highest BCUT2D eigenvalue weighted by atomic mass is 19.4. The van der Waals surface area contributed by atoms with Gasteiger partial charge < -0.3 is 10.2 Å². The van der Waals surface area contributed by atoms with Gasteiger partial charge in [-0.1, -0.05) is 91.0 Å². The second-order valence-corrected chi connectivity index (χ2v) is 11.1. The van der Waals surface area contributed by atoms with E-state index in [0.29, 0.717) is 12.8 Å². The molecule has 1 aliphatic carbocycles. The van der Waals surface area contributed by atoms with E-state index in [1.165, 1.54) is 16.8 Å². The molecule has 1 N–H and O–H groups in total. The van der Waals surface area contributed by atoms with Crippen LogP contribution in [0.5, 0.6) is 0 Å². The first-order valence-electron chi connectivity index (χ1n) is 14.5. The van der Waals surface area contributed by atoms with Crippen LogP contribution in [0.25, 0.3) is 22.3 Å². The fraction of sp³-hybridized carbons (Fsp3) is 0.286. The van der Waals surface area contributed by atoms with Crippen LogP contribution < -0.4 is 10.2 Å². The standard InChI is InChI=1S/C35H34F3N3O/c36-35(37,38)25-39-33(42)34(31-16-6-4-14-29(31)30-15-5-7-17-32(30)34)18-9-19-40-20-22-41(23-21-40)28-13-8-12-27(24-28)26-10-2-1-3-11-26/h1-8,10-17,24H,9,18-23,25H2,(H,39,42). The molecule has 1 fully saturated rings. The van der Waals surface area contributed by atoms with Gasteiger partial charge in [-0.05, 0) is 64.9 Å². The van der Waals surface area contributed by atoms with Crippen LogP contribution in [0.15, 0.2) is 103 Å². The first kappa shape index (κ1) is 28.0. The number of hydrogen-bond donors (Lipinski definition) is 1. The molecule has 4 aromatic rings. The Kier molecular flexibility index (Phi) is 7.78. The number of benzene rings is 4. The Hall–Kier alpha value is -4.10. The Bertz CT molecular complexity index is 1500. The average Bonchev–Trinajstić information content (AvgIpc) is 3.31. The third kappa shape index (κ3) is 5.53. The number of anilines is 1. The Morgan fingerprint density at radius 2 is 1.33 bits per heavy atom. The predicted octanol–water partition coefficient (Wildman–Crippen LogP) is 6.90. The maximum absolute atomic E-state index is 13.7. The molecule has 4 aromatic carbocycles. The molecule has 0 bridgehead atoms. The molecule has 0 unspecified atom stereocenters. The summed E-state index contributed by atoms with van der Waals surface area (Å²) in [5.74, 6) is -0.583. The van der Waals surface area contributed by atoms with E-state index in [9.17, 15) is 18.0 Å². The van der Waals surface area contributed by atoms with E-state index in [0.717, 1.165) is 55.0 Å². The first-order chi connectivity index (χ1) is 20.3. The molecule has 1 heterocycles. The van der Waals surface area contributed by atoms with Crippen molar-refractivity contribution in [3.8, 4) is 22.3 Å². The van der Waals surface area contributed by atoms with Crippen molar-refractivity contribution in [2.24, 2.45) is 0 Å². The minimum absolute atomic E-state index is 0.435. The number of nitrogens with one attached hydrogen (secondary N) is 1. The summed E-state index contributed by atoms with van der Waals surface area (Å²) in [7, 11) is 0. The third-order valence-corrected chi connectivity index (χ3v) is 8.62. The molecular formula is C35H34F3N3O. The van der Waals surface area contributed by atoms with Crippen LogP contribution in [0, 0.1) is 0 Å². The van der Waals surface area contributed by atoms with Crippen molar-refractivity contribution in [3.05, 3.63) is 114 Å². The molecule has 1 saturated heterocycles. The van der Waals surface area contributed by atoms with Crippen molar-refractivity contribution in [2.45, 2.75) is 24.4 Å². The summed E-state index contributed by atoms with van der Waals surface area (Å²) in [6.45, 7) is 2.98. The molecule has 6 rings (SSSR count). The quantitative estimate of drug-likeness (QED) is 0.251. The van der Waals surface area contributed by atoms with Crippen LogP contribution >= 0.6 is 0 Å². The van der Waals surface area contributed by atoms with Crippen LogP contribution in [0.1, 0.15) is 24.0 Å². The maximum atomic E-state index is 13.7. The van der Waals surface area contributed by atoms with Gasteiger partial charge in [0.15, 0.2) is 0 Å². The van der Waals surface area contributed by atoms with Gasteiger partial charge in [0.25, 0.3) is 0 Å². The Morgan fingerprint density at radius 1 is 0.738 bits per heavy atom. The number of rotatable bonds is 8. The lowest BCUT2D eigenvalue weighted by Gasteiger charge is -2.37. The fourth-order valence-electron chi connectivity index (χ4n) is 6.59. The highest BCUT2D eigenvalue weighted by Gasteiger charge is 2.49. The molecular weight excluding hydrogens is 535 g/mol. The van der Waals surface area contributed by atoms with Gasteiger partial charge in [0.2, 0.25) is 5.91 Å². The van der Waals surface area contributed by atoms with E-state index >= 15 is 0 Å². The smallest absolute Gasteiger partial charge is 0.369 e. The summed E-state index contributed by atoms with van der Waals surface area (Å²) in [6.07, 6.45) is -3.36. The maximum Gasteiger partial charge on any atom is 0.405 e. The molecule has 0 spiro atoms. The number of nitrogens with zero attached hydrogens (tertiary/aromatic N) is 2. The molecule has 42 heavy (non-hydrogen) atoms. The molecule has 0 atom stereocenters. The Balaban J connectivity index is 1.15. The van der Waals surface area contributed by atoms with Crippen LogP contribution in [-0.2, 0) is 10.2 Å². The average molecular weight is 570 g/mol. The number of hydrogen-bond acceptors (Lipinski definition) is 3. The van der Waals surface area contributed by atoms with Crippen molar-refractivity contribution < 1.29 is 18.0 Å². The zero-order valence-electron chi connectivity index (χ0n) is 23.4. The summed E-state index contributed by atoms with van der Waals surface area (Å²) in [4.78, 5) is 18.5. The van der Waals surface area contributed by atoms with E-state index in [1.54, 1.807) is 0 Å². The van der Waals surface area contributed by atoms with Crippen molar-refractivity contribution in [1.82, 2.24) is 10.2 Å². The summed E-state index contributed by atoms with van der Waals surface area (Å²) >= 11 is 0. The number of amides is 1. The number of piperazine rings is 1. The highest BCUT2D eigenvalue weighted by Crippen LogP contribution is 2.51. The van der Waals surface area contributed by atoms with Crippen LogP contribution in [0.2, 0.25) is 0 Å². The highest BCUT2D eigenvalue weighted by molar-refractivity contribution is 6.00. The van der Waals surface area contributed by atoms with E-state index < -0.39 is 24.0 Å². The summed E-state index contributed by atoms with van der Waals surface area (Å²) in [6, 6.07) is 34.2. The van der Waals surface area contributed by atoms with Gasteiger partial charge in [0.1, 0.15) is 12.0 Å². The molecule has 7 heteroatoms. The van der Waals surface area contributed by atoms with E-state index in [2.05, 4.69) is 51.5 Å². The molecule has 1 aliphatic heterocycles. The van der Waals surface area contributed by atoms with Crippen LogP contribution in [0.4, 0.5) is 18.9 Å². The Morgan fingerprint density at radius 3 is 1.98 bits per heavy atom. The SMILES string of the molecule is O=C(NCC(F)(F)F)C1(CCCN2CCN(c3cccc(-c4ccccc4)c3)CC2)c2ccccc2-c2ccccc21. The van der Waals surface area contributed by atoms with Crippen molar-refractivity contribution in [2.75, 3.05) is 44.2 Å². The Labute approximate surface area is 244 Å². The normalized spacial score (nSPS) is 16.1. The molecule has 1 amide bonds. The fourth-order valence-corrected chi connectivity index (χ4v) is 6.59. The zero-order valence-corrected chi connectivity index (χ0v) is 23.4. The van der Waals surface area contributed by atoms with Gasteiger partial charge in [-0.3, -0.25) is 9.69 Å². The second-order valence-electron chi connectivity index (χ2n) is 11.1. The lowest BCUT2D eigenvalue weighted by molar-refractivity contribution is -0.141. The van der Waals surface area contributed by atoms with E-state index in [4.69, 9.17) is 0 Å². The predicted molar refractivity (Wildman–Crippen MR) is 161 cm³/mol. The molecule has 4 nitrogen and oxygen atoms in total. The lowest BCUT2D eigenvalue weighted by Crippen LogP contribution is -2.48.